The number of ether oxygens (including phenoxy) is 2. The van der Waals surface area contributed by atoms with Crippen LogP contribution >= 0.6 is 23.4 Å². The molecule has 0 bridgehead atoms. The van der Waals surface area contributed by atoms with E-state index in [1.54, 1.807) is 11.8 Å². The Labute approximate surface area is 175 Å². The maximum absolute atomic E-state index is 12.5. The number of fused-ring (bicyclic) bond motifs is 1. The molecule has 1 N–H and O–H groups in total. The van der Waals surface area contributed by atoms with Crippen LogP contribution in [0.3, 0.4) is 0 Å². The average molecular weight is 420 g/mol. The lowest BCUT2D eigenvalue weighted by atomic mass is 10.0. The Hall–Kier alpha value is -1.85. The van der Waals surface area contributed by atoms with Crippen molar-refractivity contribution in [2.24, 2.45) is 0 Å². The van der Waals surface area contributed by atoms with Gasteiger partial charge in [-0.1, -0.05) is 43.6 Å². The molecule has 0 fully saturated rings. The van der Waals surface area contributed by atoms with Crippen LogP contribution in [0.5, 0.6) is 11.5 Å². The molecule has 28 heavy (non-hydrogen) atoms. The van der Waals surface area contributed by atoms with Crippen molar-refractivity contribution >= 4 is 35.0 Å². The van der Waals surface area contributed by atoms with E-state index in [-0.39, 0.29) is 5.91 Å². The molecule has 2 aromatic carbocycles. The maximum atomic E-state index is 12.5. The SMILES string of the molecule is CCc1cccc(CC)c1NC(=O)CSCc1cc(Cl)c2c(c1)OCCCO2. The zero-order chi connectivity index (χ0) is 19.9. The third-order valence-corrected chi connectivity index (χ3v) is 5.91. The van der Waals surface area contributed by atoms with E-state index < -0.39 is 0 Å². The summed E-state index contributed by atoms with van der Waals surface area (Å²) in [5.74, 6) is 2.39. The van der Waals surface area contributed by atoms with Crippen molar-refractivity contribution in [1.29, 1.82) is 0 Å². The Morgan fingerprint density at radius 3 is 2.57 bits per heavy atom. The Morgan fingerprint density at radius 2 is 1.86 bits per heavy atom. The molecule has 150 valence electrons. The van der Waals surface area contributed by atoms with Crippen LogP contribution in [0.15, 0.2) is 30.3 Å². The van der Waals surface area contributed by atoms with Gasteiger partial charge in [0.25, 0.3) is 0 Å². The predicted molar refractivity (Wildman–Crippen MR) is 117 cm³/mol. The molecule has 0 radical (unpaired) electrons. The van der Waals surface area contributed by atoms with Crippen LogP contribution in [0.1, 0.15) is 37.0 Å². The first kappa shape index (κ1) is 20.9. The molecule has 0 spiro atoms. The number of thioether (sulfide) groups is 1. The molecule has 0 saturated carbocycles. The standard InChI is InChI=1S/C22H26ClNO3S/c1-3-16-7-5-8-17(4-2)21(16)24-20(25)14-28-13-15-11-18(23)22-19(12-15)26-9-6-10-27-22/h5,7-8,11-12H,3-4,6,9-10,13-14H2,1-2H3,(H,24,25). The molecule has 0 atom stereocenters. The summed E-state index contributed by atoms with van der Waals surface area (Å²) in [4.78, 5) is 12.5. The predicted octanol–water partition coefficient (Wildman–Crippen LogP) is 5.50. The number of anilines is 1. The zero-order valence-electron chi connectivity index (χ0n) is 16.3. The number of carbonyl (C=O) groups is 1. The summed E-state index contributed by atoms with van der Waals surface area (Å²) in [7, 11) is 0. The Kier molecular flexibility index (Phi) is 7.51. The van der Waals surface area contributed by atoms with Gasteiger partial charge in [-0.05, 0) is 41.7 Å². The van der Waals surface area contributed by atoms with Gasteiger partial charge in [0.05, 0.1) is 24.0 Å². The Bertz CT molecular complexity index is 819. The molecule has 0 unspecified atom stereocenters. The summed E-state index contributed by atoms with van der Waals surface area (Å²) in [6.45, 7) is 5.44. The maximum Gasteiger partial charge on any atom is 0.234 e. The van der Waals surface area contributed by atoms with E-state index in [0.717, 1.165) is 30.5 Å². The van der Waals surface area contributed by atoms with E-state index in [2.05, 4.69) is 37.4 Å². The first-order chi connectivity index (χ1) is 13.6. The van der Waals surface area contributed by atoms with E-state index in [0.29, 0.717) is 41.2 Å². The van der Waals surface area contributed by atoms with Gasteiger partial charge < -0.3 is 14.8 Å². The molecule has 3 rings (SSSR count). The van der Waals surface area contributed by atoms with Crippen molar-refractivity contribution in [1.82, 2.24) is 0 Å². The smallest absolute Gasteiger partial charge is 0.234 e. The molecule has 6 heteroatoms. The first-order valence-corrected chi connectivity index (χ1v) is 11.2. The molecule has 1 aliphatic heterocycles. The number of carbonyl (C=O) groups excluding carboxylic acids is 1. The summed E-state index contributed by atoms with van der Waals surface area (Å²) in [5.41, 5.74) is 4.34. The highest BCUT2D eigenvalue weighted by molar-refractivity contribution is 7.99. The molecule has 0 aliphatic carbocycles. The fourth-order valence-corrected chi connectivity index (χ4v) is 4.26. The summed E-state index contributed by atoms with van der Waals surface area (Å²) >= 11 is 7.90. The average Bonchev–Trinajstić information content (AvgIpc) is 2.94. The van der Waals surface area contributed by atoms with Gasteiger partial charge in [-0.15, -0.1) is 11.8 Å². The van der Waals surface area contributed by atoms with E-state index >= 15 is 0 Å². The van der Waals surface area contributed by atoms with Gasteiger partial charge in [0.1, 0.15) is 0 Å². The van der Waals surface area contributed by atoms with Crippen molar-refractivity contribution in [3.63, 3.8) is 0 Å². The zero-order valence-corrected chi connectivity index (χ0v) is 17.9. The molecular formula is C22H26ClNO3S. The van der Waals surface area contributed by atoms with E-state index in [1.807, 2.05) is 12.1 Å². The van der Waals surface area contributed by atoms with Gasteiger partial charge in [0.15, 0.2) is 11.5 Å². The molecule has 1 amide bonds. The van der Waals surface area contributed by atoms with Gasteiger partial charge in [0, 0.05) is 17.9 Å². The second-order valence-corrected chi connectivity index (χ2v) is 8.05. The Morgan fingerprint density at radius 1 is 1.14 bits per heavy atom. The fourth-order valence-electron chi connectivity index (χ4n) is 3.21. The minimum absolute atomic E-state index is 0.0149. The minimum atomic E-state index is 0.0149. The number of aryl methyl sites for hydroxylation is 2. The van der Waals surface area contributed by atoms with Crippen molar-refractivity contribution in [2.45, 2.75) is 38.9 Å². The highest BCUT2D eigenvalue weighted by Crippen LogP contribution is 2.38. The molecule has 1 aliphatic rings. The Balaban J connectivity index is 1.59. The van der Waals surface area contributed by atoms with Crippen molar-refractivity contribution in [3.05, 3.63) is 52.0 Å². The molecule has 2 aromatic rings. The second-order valence-electron chi connectivity index (χ2n) is 6.65. The van der Waals surface area contributed by atoms with Crippen LogP contribution in [0.25, 0.3) is 0 Å². The summed E-state index contributed by atoms with van der Waals surface area (Å²) < 4.78 is 11.4. The van der Waals surface area contributed by atoms with Crippen LogP contribution in [0.2, 0.25) is 5.02 Å². The van der Waals surface area contributed by atoms with E-state index in [4.69, 9.17) is 21.1 Å². The normalized spacial score (nSPS) is 13.1. The number of hydrogen-bond donors (Lipinski definition) is 1. The molecule has 0 aromatic heterocycles. The monoisotopic (exact) mass is 419 g/mol. The van der Waals surface area contributed by atoms with Crippen LogP contribution in [0, 0.1) is 0 Å². The third-order valence-electron chi connectivity index (χ3n) is 4.63. The molecule has 0 saturated heterocycles. The summed E-state index contributed by atoms with van der Waals surface area (Å²) in [5, 5.41) is 3.67. The van der Waals surface area contributed by atoms with Gasteiger partial charge in [-0.25, -0.2) is 0 Å². The lowest BCUT2D eigenvalue weighted by molar-refractivity contribution is -0.113. The minimum Gasteiger partial charge on any atom is -0.489 e. The quantitative estimate of drug-likeness (QED) is 0.643. The largest absolute Gasteiger partial charge is 0.489 e. The van der Waals surface area contributed by atoms with Gasteiger partial charge >= 0.3 is 0 Å². The fraction of sp³-hybridized carbons (Fsp3) is 0.409. The lowest BCUT2D eigenvalue weighted by Crippen LogP contribution is -2.16. The van der Waals surface area contributed by atoms with Crippen LogP contribution < -0.4 is 14.8 Å². The number of hydrogen-bond acceptors (Lipinski definition) is 4. The third kappa shape index (κ3) is 5.15. The highest BCUT2D eigenvalue weighted by Gasteiger charge is 2.16. The van der Waals surface area contributed by atoms with Crippen LogP contribution in [0.4, 0.5) is 5.69 Å². The number of rotatable bonds is 7. The number of para-hydroxylation sites is 1. The van der Waals surface area contributed by atoms with Crippen LogP contribution in [-0.4, -0.2) is 24.9 Å². The molecule has 4 nitrogen and oxygen atoms in total. The number of nitrogens with one attached hydrogen (secondary N) is 1. The number of halogens is 1. The van der Waals surface area contributed by atoms with Crippen molar-refractivity contribution in [2.75, 3.05) is 24.3 Å². The summed E-state index contributed by atoms with van der Waals surface area (Å²) in [6, 6.07) is 10.0. The first-order valence-electron chi connectivity index (χ1n) is 9.68. The lowest BCUT2D eigenvalue weighted by Gasteiger charge is -2.14. The second kappa shape index (κ2) is 10.1. The highest BCUT2D eigenvalue weighted by atomic mass is 35.5. The van der Waals surface area contributed by atoms with Gasteiger partial charge in [-0.3, -0.25) is 4.79 Å². The van der Waals surface area contributed by atoms with E-state index in [9.17, 15) is 4.79 Å². The summed E-state index contributed by atoms with van der Waals surface area (Å²) in [6.07, 6.45) is 2.63. The number of amides is 1. The topological polar surface area (TPSA) is 47.6 Å². The number of benzene rings is 2. The molecule has 1 heterocycles. The molecular weight excluding hydrogens is 394 g/mol. The van der Waals surface area contributed by atoms with Gasteiger partial charge in [-0.2, -0.15) is 0 Å². The van der Waals surface area contributed by atoms with Crippen LogP contribution in [-0.2, 0) is 23.4 Å². The van der Waals surface area contributed by atoms with E-state index in [1.165, 1.54) is 11.1 Å². The van der Waals surface area contributed by atoms with Crippen molar-refractivity contribution < 1.29 is 14.3 Å². The van der Waals surface area contributed by atoms with Gasteiger partial charge in [0.2, 0.25) is 5.91 Å². The van der Waals surface area contributed by atoms with Crippen molar-refractivity contribution in [3.8, 4) is 11.5 Å².